The van der Waals surface area contributed by atoms with Gasteiger partial charge in [-0.3, -0.25) is 0 Å². The first kappa shape index (κ1) is 24.1. The van der Waals surface area contributed by atoms with E-state index in [1.807, 2.05) is 30.5 Å². The lowest BCUT2D eigenvalue weighted by atomic mass is 10.1. The van der Waals surface area contributed by atoms with Crippen molar-refractivity contribution < 1.29 is 9.30 Å². The number of aromatic nitrogens is 2. The van der Waals surface area contributed by atoms with Gasteiger partial charge < -0.3 is 4.74 Å². The number of imidazole rings is 1. The molecular weight excluding hydrogens is 498 g/mol. The number of halogens is 4. The number of hydrogen-bond acceptors (Lipinski definition) is 1. The first-order valence-corrected chi connectivity index (χ1v) is 12.1. The molecule has 33 heavy (non-hydrogen) atoms. The second-order valence-corrected chi connectivity index (χ2v) is 9.47. The Hall–Kier alpha value is -2.01. The quantitative estimate of drug-likeness (QED) is 0.208. The molecule has 0 aliphatic carbocycles. The van der Waals surface area contributed by atoms with Gasteiger partial charge in [-0.05, 0) is 35.4 Å². The summed E-state index contributed by atoms with van der Waals surface area (Å²) in [5.74, 6) is 0. The molecule has 1 heterocycles. The molecule has 0 bridgehead atoms. The fourth-order valence-electron chi connectivity index (χ4n) is 3.61. The monoisotopic (exact) mass is 519 g/mol. The summed E-state index contributed by atoms with van der Waals surface area (Å²) in [5.41, 5.74) is 3.05. The highest BCUT2D eigenvalue weighted by Gasteiger charge is 2.20. The predicted molar refractivity (Wildman–Crippen MR) is 135 cm³/mol. The highest BCUT2D eigenvalue weighted by Crippen LogP contribution is 2.30. The highest BCUT2D eigenvalue weighted by molar-refractivity contribution is 6.35. The van der Waals surface area contributed by atoms with Crippen LogP contribution in [0.15, 0.2) is 85.5 Å². The van der Waals surface area contributed by atoms with Gasteiger partial charge in [0, 0.05) is 32.1 Å². The molecule has 0 N–H and O–H groups in total. The van der Waals surface area contributed by atoms with Crippen LogP contribution in [0.5, 0.6) is 0 Å². The van der Waals surface area contributed by atoms with Crippen molar-refractivity contribution in [3.05, 3.63) is 122 Å². The number of rotatable bonds is 9. The Morgan fingerprint density at radius 2 is 1.58 bits per heavy atom. The van der Waals surface area contributed by atoms with Crippen LogP contribution in [0, 0.1) is 0 Å². The van der Waals surface area contributed by atoms with Crippen LogP contribution >= 0.6 is 46.4 Å². The Labute approximate surface area is 214 Å². The third-order valence-electron chi connectivity index (χ3n) is 5.39. The molecule has 0 saturated heterocycles. The number of benzene rings is 3. The minimum atomic E-state index is -0.295. The lowest BCUT2D eigenvalue weighted by Gasteiger charge is -2.19. The Morgan fingerprint density at radius 1 is 0.848 bits per heavy atom. The fourth-order valence-corrected chi connectivity index (χ4v) is 4.60. The number of hydrogen-bond donors (Lipinski definition) is 0. The molecule has 170 valence electrons. The molecule has 0 fully saturated rings. The standard InChI is InChI=1S/C26H23Cl4N2O/c27-21-7-6-20(24(29)14-21)17-33-26(23-9-8-22(28)15-25(23)30)16-32-13-12-31(18-32)11-10-19-4-2-1-3-5-19/h1-9,12-15,18,26H,10-11,16-17H2/q+1/t26-/m1/s1. The number of aryl methyl sites for hydroxylation is 2. The van der Waals surface area contributed by atoms with Crippen LogP contribution in [0.1, 0.15) is 22.8 Å². The highest BCUT2D eigenvalue weighted by atomic mass is 35.5. The maximum absolute atomic E-state index is 6.52. The lowest BCUT2D eigenvalue weighted by Crippen LogP contribution is -2.35. The van der Waals surface area contributed by atoms with Gasteiger partial charge >= 0.3 is 0 Å². The fraction of sp³-hybridized carbons (Fsp3) is 0.192. The van der Waals surface area contributed by atoms with E-state index in [2.05, 4.69) is 45.9 Å². The van der Waals surface area contributed by atoms with E-state index in [0.717, 1.165) is 24.1 Å². The lowest BCUT2D eigenvalue weighted by molar-refractivity contribution is -0.704. The molecule has 0 spiro atoms. The Kier molecular flexibility index (Phi) is 8.34. The zero-order valence-corrected chi connectivity index (χ0v) is 20.8. The zero-order valence-electron chi connectivity index (χ0n) is 17.8. The van der Waals surface area contributed by atoms with Crippen LogP contribution < -0.4 is 4.57 Å². The summed E-state index contributed by atoms with van der Waals surface area (Å²) in [4.78, 5) is 0. The maximum Gasteiger partial charge on any atom is 0.243 e. The Bertz CT molecular complexity index is 1210. The number of nitrogens with zero attached hydrogens (tertiary/aromatic N) is 2. The van der Waals surface area contributed by atoms with Crippen molar-refractivity contribution >= 4 is 46.4 Å². The molecule has 7 heteroatoms. The first-order chi connectivity index (χ1) is 16.0. The Morgan fingerprint density at radius 3 is 2.30 bits per heavy atom. The largest absolute Gasteiger partial charge is 0.365 e. The van der Waals surface area contributed by atoms with E-state index in [4.69, 9.17) is 51.1 Å². The van der Waals surface area contributed by atoms with Crippen LogP contribution in [0.4, 0.5) is 0 Å². The van der Waals surface area contributed by atoms with Crippen LogP contribution in [0.2, 0.25) is 20.1 Å². The SMILES string of the molecule is Clc1ccc(CO[C@H](C[n+]2ccn(CCc3ccccc3)c2)c2ccc(Cl)cc2Cl)c(Cl)c1. The van der Waals surface area contributed by atoms with Gasteiger partial charge in [-0.15, -0.1) is 0 Å². The van der Waals surface area contributed by atoms with Crippen LogP contribution in [0.25, 0.3) is 0 Å². The van der Waals surface area contributed by atoms with Crippen LogP contribution in [0.3, 0.4) is 0 Å². The minimum absolute atomic E-state index is 0.295. The molecule has 0 amide bonds. The Balaban J connectivity index is 1.49. The van der Waals surface area contributed by atoms with Crippen molar-refractivity contribution in [1.29, 1.82) is 0 Å². The van der Waals surface area contributed by atoms with Crippen LogP contribution in [-0.2, 0) is 30.9 Å². The van der Waals surface area contributed by atoms with Gasteiger partial charge in [-0.25, -0.2) is 9.13 Å². The molecule has 0 radical (unpaired) electrons. The normalized spacial score (nSPS) is 12.1. The third-order valence-corrected chi connectivity index (χ3v) is 6.54. The van der Waals surface area contributed by atoms with Gasteiger partial charge in [-0.1, -0.05) is 88.9 Å². The topological polar surface area (TPSA) is 18.0 Å². The summed E-state index contributed by atoms with van der Waals surface area (Å²) in [6.07, 6.45) is 6.86. The molecule has 0 unspecified atom stereocenters. The first-order valence-electron chi connectivity index (χ1n) is 10.6. The van der Waals surface area contributed by atoms with Gasteiger partial charge in [0.25, 0.3) is 0 Å². The van der Waals surface area contributed by atoms with E-state index in [1.54, 1.807) is 18.2 Å². The third kappa shape index (κ3) is 6.75. The summed E-state index contributed by atoms with van der Waals surface area (Å²) in [5, 5.41) is 2.32. The average Bonchev–Trinajstić information content (AvgIpc) is 3.24. The molecule has 0 aliphatic rings. The summed E-state index contributed by atoms with van der Waals surface area (Å²) in [6.45, 7) is 1.81. The van der Waals surface area contributed by atoms with E-state index in [-0.39, 0.29) is 6.10 Å². The van der Waals surface area contributed by atoms with Gasteiger partial charge in [0.15, 0.2) is 0 Å². The van der Waals surface area contributed by atoms with E-state index in [0.29, 0.717) is 33.2 Å². The molecule has 3 nitrogen and oxygen atoms in total. The van der Waals surface area contributed by atoms with Gasteiger partial charge in [0.2, 0.25) is 6.33 Å². The molecule has 1 aromatic heterocycles. The van der Waals surface area contributed by atoms with E-state index in [9.17, 15) is 0 Å². The van der Waals surface area contributed by atoms with Crippen molar-refractivity contribution in [2.45, 2.75) is 32.2 Å². The van der Waals surface area contributed by atoms with Gasteiger partial charge in [0.05, 0.1) is 13.2 Å². The van der Waals surface area contributed by atoms with Crippen molar-refractivity contribution in [1.82, 2.24) is 4.57 Å². The smallest absolute Gasteiger partial charge is 0.243 e. The molecule has 0 saturated carbocycles. The maximum atomic E-state index is 6.52. The van der Waals surface area contributed by atoms with Crippen molar-refractivity contribution in [2.24, 2.45) is 0 Å². The zero-order chi connectivity index (χ0) is 23.2. The van der Waals surface area contributed by atoms with E-state index in [1.165, 1.54) is 5.56 Å². The van der Waals surface area contributed by atoms with Crippen molar-refractivity contribution in [3.63, 3.8) is 0 Å². The van der Waals surface area contributed by atoms with Crippen molar-refractivity contribution in [2.75, 3.05) is 0 Å². The molecule has 4 aromatic rings. The van der Waals surface area contributed by atoms with E-state index < -0.39 is 0 Å². The van der Waals surface area contributed by atoms with E-state index >= 15 is 0 Å². The summed E-state index contributed by atoms with van der Waals surface area (Å²) in [6, 6.07) is 21.3. The molecular formula is C26H23Cl4N2O+. The molecule has 1 atom stereocenters. The second kappa shape index (κ2) is 11.4. The average molecular weight is 521 g/mol. The summed E-state index contributed by atoms with van der Waals surface area (Å²) in [7, 11) is 0. The van der Waals surface area contributed by atoms with Crippen molar-refractivity contribution in [3.8, 4) is 0 Å². The predicted octanol–water partition coefficient (Wildman–Crippen LogP) is 7.59. The van der Waals surface area contributed by atoms with Gasteiger partial charge in [-0.2, -0.15) is 0 Å². The summed E-state index contributed by atoms with van der Waals surface area (Å²) < 4.78 is 10.6. The summed E-state index contributed by atoms with van der Waals surface area (Å²) >= 11 is 25.0. The van der Waals surface area contributed by atoms with Crippen LogP contribution in [-0.4, -0.2) is 4.57 Å². The minimum Gasteiger partial charge on any atom is -0.365 e. The number of ether oxygens (including phenoxy) is 1. The second-order valence-electron chi connectivity index (χ2n) is 7.79. The molecule has 3 aromatic carbocycles. The molecule has 4 rings (SSSR count). The molecule has 0 aliphatic heterocycles. The van der Waals surface area contributed by atoms with Gasteiger partial charge in [0.1, 0.15) is 25.0 Å².